The van der Waals surface area contributed by atoms with Gasteiger partial charge in [0.05, 0.1) is 11.8 Å². The molecule has 3 aromatic rings. The number of amides is 1. The van der Waals surface area contributed by atoms with E-state index in [9.17, 15) is 22.4 Å². The molecule has 2 heterocycles. The third-order valence-corrected chi connectivity index (χ3v) is 5.92. The van der Waals surface area contributed by atoms with Crippen LogP contribution in [-0.2, 0) is 11.0 Å². The Hall–Kier alpha value is -3.27. The lowest BCUT2D eigenvalue weighted by atomic mass is 9.84. The van der Waals surface area contributed by atoms with E-state index >= 15 is 0 Å². The van der Waals surface area contributed by atoms with Gasteiger partial charge < -0.3 is 10.1 Å². The molecule has 0 atom stereocenters. The molecule has 172 valence electrons. The van der Waals surface area contributed by atoms with Crippen molar-refractivity contribution < 1.29 is 27.1 Å². The standard InChI is InChI=1S/C23H19F4N3O2S/c24-19-13-29-22(33-19)30-21(31)16-6-4-14(5-7-16)10-15-2-1-3-18(11-15)32-20-9-8-17(12-28-20)23(25,26)27/h1-3,8-13,16H,4-7H2,(H,29,30,31). The van der Waals surface area contributed by atoms with E-state index in [0.717, 1.165) is 48.2 Å². The van der Waals surface area contributed by atoms with Gasteiger partial charge in [-0.3, -0.25) is 4.79 Å². The first kappa shape index (κ1) is 22.9. The minimum absolute atomic E-state index is 0.0689. The molecule has 5 nitrogen and oxygen atoms in total. The highest BCUT2D eigenvalue weighted by Gasteiger charge is 2.30. The third-order valence-electron chi connectivity index (χ3n) is 5.22. The third kappa shape index (κ3) is 6.16. The molecule has 0 saturated heterocycles. The average Bonchev–Trinajstić information content (AvgIpc) is 3.19. The van der Waals surface area contributed by atoms with Crippen molar-refractivity contribution in [1.29, 1.82) is 0 Å². The molecule has 0 radical (unpaired) electrons. The maximum absolute atomic E-state index is 13.0. The highest BCUT2D eigenvalue weighted by Crippen LogP contribution is 2.32. The van der Waals surface area contributed by atoms with Crippen LogP contribution in [0.1, 0.15) is 36.8 Å². The molecule has 33 heavy (non-hydrogen) atoms. The quantitative estimate of drug-likeness (QED) is 0.415. The van der Waals surface area contributed by atoms with Crippen LogP contribution in [0, 0.1) is 11.0 Å². The topological polar surface area (TPSA) is 64.1 Å². The number of benzene rings is 1. The van der Waals surface area contributed by atoms with Crippen LogP contribution < -0.4 is 10.1 Å². The Balaban J connectivity index is 1.34. The van der Waals surface area contributed by atoms with E-state index in [1.165, 1.54) is 11.6 Å². The molecule has 4 rings (SSSR count). The predicted molar refractivity (Wildman–Crippen MR) is 116 cm³/mol. The second-order valence-electron chi connectivity index (χ2n) is 7.59. The SMILES string of the molecule is O=C(Nc1ncc(F)s1)C1CCC(=Cc2cccc(Oc3ccc(C(F)(F)F)cn3)c2)CC1. The van der Waals surface area contributed by atoms with Crippen LogP contribution in [0.3, 0.4) is 0 Å². The van der Waals surface area contributed by atoms with E-state index in [4.69, 9.17) is 4.74 Å². The van der Waals surface area contributed by atoms with Gasteiger partial charge in [0.25, 0.3) is 0 Å². The Morgan fingerprint density at radius 3 is 2.55 bits per heavy atom. The Labute approximate surface area is 191 Å². The van der Waals surface area contributed by atoms with Crippen molar-refractivity contribution in [2.24, 2.45) is 5.92 Å². The largest absolute Gasteiger partial charge is 0.439 e. The fourth-order valence-corrected chi connectivity index (χ4v) is 4.09. The molecule has 1 amide bonds. The van der Waals surface area contributed by atoms with Gasteiger partial charge in [-0.25, -0.2) is 9.97 Å². The summed E-state index contributed by atoms with van der Waals surface area (Å²) in [6.07, 6.45) is 2.24. The number of rotatable bonds is 5. The maximum atomic E-state index is 13.0. The van der Waals surface area contributed by atoms with Crippen molar-refractivity contribution in [2.75, 3.05) is 5.32 Å². The number of ether oxygens (including phenoxy) is 1. The molecule has 1 saturated carbocycles. The van der Waals surface area contributed by atoms with Crippen LogP contribution in [0.5, 0.6) is 11.6 Å². The molecule has 1 aliphatic carbocycles. The van der Waals surface area contributed by atoms with Crippen LogP contribution in [0.4, 0.5) is 22.7 Å². The number of nitrogens with one attached hydrogen (secondary N) is 1. The lowest BCUT2D eigenvalue weighted by Crippen LogP contribution is -2.25. The van der Waals surface area contributed by atoms with E-state index in [2.05, 4.69) is 15.3 Å². The summed E-state index contributed by atoms with van der Waals surface area (Å²) in [6.45, 7) is 0. The summed E-state index contributed by atoms with van der Waals surface area (Å²) in [7, 11) is 0. The van der Waals surface area contributed by atoms with Crippen LogP contribution >= 0.6 is 11.3 Å². The number of thiazole rings is 1. The summed E-state index contributed by atoms with van der Waals surface area (Å²) < 4.78 is 56.6. The number of allylic oxidation sites excluding steroid dienone is 1. The van der Waals surface area contributed by atoms with Gasteiger partial charge >= 0.3 is 6.18 Å². The van der Waals surface area contributed by atoms with Crippen LogP contribution in [0.2, 0.25) is 0 Å². The minimum atomic E-state index is -4.45. The zero-order chi connectivity index (χ0) is 23.4. The Morgan fingerprint density at radius 1 is 1.12 bits per heavy atom. The molecule has 10 heteroatoms. The van der Waals surface area contributed by atoms with Gasteiger partial charge in [-0.2, -0.15) is 17.6 Å². The number of carbonyl (C=O) groups excluding carboxylic acids is 1. The summed E-state index contributed by atoms with van der Waals surface area (Å²) in [5.74, 6) is 0.220. The molecule has 1 aromatic carbocycles. The fraction of sp³-hybridized carbons (Fsp3) is 0.261. The Kier molecular flexibility index (Phi) is 6.73. The average molecular weight is 477 g/mol. The molecule has 0 unspecified atom stereocenters. The summed E-state index contributed by atoms with van der Waals surface area (Å²) in [6, 6.07) is 9.27. The van der Waals surface area contributed by atoms with E-state index in [1.54, 1.807) is 18.2 Å². The second kappa shape index (κ2) is 9.70. The van der Waals surface area contributed by atoms with E-state index in [0.29, 0.717) is 18.6 Å². The molecule has 0 aliphatic heterocycles. The van der Waals surface area contributed by atoms with Crippen molar-refractivity contribution in [1.82, 2.24) is 9.97 Å². The van der Waals surface area contributed by atoms with Crippen LogP contribution in [-0.4, -0.2) is 15.9 Å². The first-order valence-corrected chi connectivity index (χ1v) is 11.0. The number of hydrogen-bond acceptors (Lipinski definition) is 5. The zero-order valence-electron chi connectivity index (χ0n) is 17.2. The summed E-state index contributed by atoms with van der Waals surface area (Å²) >= 11 is 0.798. The second-order valence-corrected chi connectivity index (χ2v) is 8.57. The minimum Gasteiger partial charge on any atom is -0.439 e. The van der Waals surface area contributed by atoms with Crippen LogP contribution in [0.15, 0.2) is 54.4 Å². The molecule has 0 bridgehead atoms. The molecule has 1 N–H and O–H groups in total. The van der Waals surface area contributed by atoms with Crippen molar-refractivity contribution in [3.05, 3.63) is 70.6 Å². The molecule has 1 aliphatic rings. The summed E-state index contributed by atoms with van der Waals surface area (Å²) in [5, 5.41) is 2.48. The van der Waals surface area contributed by atoms with Crippen molar-refractivity contribution >= 4 is 28.5 Å². The van der Waals surface area contributed by atoms with E-state index in [-0.39, 0.29) is 22.8 Å². The summed E-state index contributed by atoms with van der Waals surface area (Å²) in [4.78, 5) is 19.9. The normalized spacial score (nSPS) is 16.4. The number of nitrogens with zero attached hydrogens (tertiary/aromatic N) is 2. The molecule has 2 aromatic heterocycles. The van der Waals surface area contributed by atoms with Crippen molar-refractivity contribution in [3.63, 3.8) is 0 Å². The van der Waals surface area contributed by atoms with Crippen LogP contribution in [0.25, 0.3) is 6.08 Å². The zero-order valence-corrected chi connectivity index (χ0v) is 18.0. The van der Waals surface area contributed by atoms with Gasteiger partial charge in [0, 0.05) is 18.2 Å². The highest BCUT2D eigenvalue weighted by atomic mass is 32.1. The van der Waals surface area contributed by atoms with Gasteiger partial charge in [-0.15, -0.1) is 0 Å². The first-order chi connectivity index (χ1) is 15.8. The maximum Gasteiger partial charge on any atom is 0.417 e. The number of pyridine rings is 1. The van der Waals surface area contributed by atoms with Gasteiger partial charge in [-0.05, 0) is 49.4 Å². The smallest absolute Gasteiger partial charge is 0.417 e. The summed E-state index contributed by atoms with van der Waals surface area (Å²) in [5.41, 5.74) is 1.23. The molecule has 1 fully saturated rings. The molecular weight excluding hydrogens is 458 g/mol. The Bertz CT molecular complexity index is 1150. The van der Waals surface area contributed by atoms with Crippen molar-refractivity contribution in [2.45, 2.75) is 31.9 Å². The van der Waals surface area contributed by atoms with Gasteiger partial charge in [0.1, 0.15) is 5.75 Å². The van der Waals surface area contributed by atoms with Gasteiger partial charge in [0.15, 0.2) is 10.3 Å². The number of alkyl halides is 3. The number of carbonyl (C=O) groups is 1. The van der Waals surface area contributed by atoms with E-state index < -0.39 is 16.9 Å². The lowest BCUT2D eigenvalue weighted by molar-refractivity contribution is -0.137. The number of aromatic nitrogens is 2. The Morgan fingerprint density at radius 2 is 1.91 bits per heavy atom. The molecular formula is C23H19F4N3O2S. The van der Waals surface area contributed by atoms with Crippen molar-refractivity contribution in [3.8, 4) is 11.6 Å². The number of halogens is 4. The monoisotopic (exact) mass is 477 g/mol. The first-order valence-electron chi connectivity index (χ1n) is 10.2. The number of hydrogen-bond donors (Lipinski definition) is 1. The van der Waals surface area contributed by atoms with E-state index in [1.807, 2.05) is 12.1 Å². The fourth-order valence-electron chi connectivity index (χ4n) is 3.55. The molecule has 0 spiro atoms. The lowest BCUT2D eigenvalue weighted by Gasteiger charge is -2.22. The number of anilines is 1. The van der Waals surface area contributed by atoms with Gasteiger partial charge in [0.2, 0.25) is 11.8 Å². The predicted octanol–water partition coefficient (Wildman–Crippen LogP) is 6.70. The highest BCUT2D eigenvalue weighted by molar-refractivity contribution is 7.14. The van der Waals surface area contributed by atoms with Gasteiger partial charge in [-0.1, -0.05) is 35.1 Å².